The Bertz CT molecular complexity index is 912. The summed E-state index contributed by atoms with van der Waals surface area (Å²) in [5.74, 6) is 1.97. The fourth-order valence-corrected chi connectivity index (χ4v) is 3.48. The molecule has 0 unspecified atom stereocenters. The second kappa shape index (κ2) is 8.79. The summed E-state index contributed by atoms with van der Waals surface area (Å²) in [5.41, 5.74) is 2.07. The molecule has 0 radical (unpaired) electrons. The molecule has 1 saturated carbocycles. The molecule has 1 aliphatic carbocycles. The zero-order chi connectivity index (χ0) is 19.2. The van der Waals surface area contributed by atoms with Crippen LogP contribution in [0.2, 0.25) is 0 Å². The average Bonchev–Trinajstić information content (AvgIpc) is 3.41. The molecule has 0 bridgehead atoms. The molecule has 0 aliphatic heterocycles. The van der Waals surface area contributed by atoms with E-state index in [0.717, 1.165) is 29.3 Å². The number of thiophene rings is 1. The van der Waals surface area contributed by atoms with Crippen LogP contribution < -0.4 is 16.0 Å². The summed E-state index contributed by atoms with van der Waals surface area (Å²) >= 11 is 1.45. The second-order valence-corrected chi connectivity index (χ2v) is 7.59. The van der Waals surface area contributed by atoms with Crippen LogP contribution in [-0.2, 0) is 0 Å². The minimum Gasteiger partial charge on any atom is -0.370 e. The third kappa shape index (κ3) is 4.83. The number of nitrogens with zero attached hydrogens (tertiary/aromatic N) is 3. The van der Waals surface area contributed by atoms with Gasteiger partial charge in [0.05, 0.1) is 4.88 Å². The van der Waals surface area contributed by atoms with Gasteiger partial charge in [0.1, 0.15) is 5.82 Å². The number of hydrogen-bond donors (Lipinski definition) is 3. The summed E-state index contributed by atoms with van der Waals surface area (Å²) in [4.78, 5) is 25.8. The first-order chi connectivity index (χ1) is 13.8. The van der Waals surface area contributed by atoms with Crippen LogP contribution in [0.25, 0.3) is 0 Å². The van der Waals surface area contributed by atoms with E-state index < -0.39 is 0 Å². The molecule has 0 saturated heterocycles. The summed E-state index contributed by atoms with van der Waals surface area (Å²) in [6.07, 6.45) is 8.56. The lowest BCUT2D eigenvalue weighted by Crippen LogP contribution is -2.25. The molecule has 1 fully saturated rings. The van der Waals surface area contributed by atoms with Crippen molar-refractivity contribution < 1.29 is 4.79 Å². The Morgan fingerprint density at radius 1 is 1.18 bits per heavy atom. The maximum absolute atomic E-state index is 12.0. The van der Waals surface area contributed by atoms with Crippen molar-refractivity contribution in [1.29, 1.82) is 0 Å². The molecular formula is C20H22N6OS. The summed E-state index contributed by atoms with van der Waals surface area (Å²) < 4.78 is 0. The van der Waals surface area contributed by atoms with E-state index in [1.807, 2.05) is 35.8 Å². The molecule has 0 atom stereocenters. The van der Waals surface area contributed by atoms with Crippen molar-refractivity contribution in [3.8, 4) is 0 Å². The van der Waals surface area contributed by atoms with Gasteiger partial charge in [-0.3, -0.25) is 9.78 Å². The van der Waals surface area contributed by atoms with E-state index in [-0.39, 0.29) is 5.91 Å². The molecule has 1 aliphatic rings. The van der Waals surface area contributed by atoms with Gasteiger partial charge in [-0.15, -0.1) is 11.3 Å². The molecule has 3 N–H and O–H groups in total. The van der Waals surface area contributed by atoms with E-state index in [9.17, 15) is 4.79 Å². The van der Waals surface area contributed by atoms with Gasteiger partial charge in [-0.2, -0.15) is 4.98 Å². The number of nitrogens with one attached hydrogen (secondary N) is 3. The van der Waals surface area contributed by atoms with Crippen molar-refractivity contribution in [2.24, 2.45) is 0 Å². The first kappa shape index (κ1) is 18.4. The van der Waals surface area contributed by atoms with Gasteiger partial charge in [-0.05, 0) is 48.8 Å². The maximum Gasteiger partial charge on any atom is 0.261 e. The number of carbonyl (C=O) groups is 1. The highest BCUT2D eigenvalue weighted by Gasteiger charge is 2.27. The molecule has 28 heavy (non-hydrogen) atoms. The van der Waals surface area contributed by atoms with Gasteiger partial charge in [0.2, 0.25) is 5.95 Å². The molecule has 0 spiro atoms. The predicted molar refractivity (Wildman–Crippen MR) is 111 cm³/mol. The first-order valence-corrected chi connectivity index (χ1v) is 10.3. The number of hydrogen-bond acceptors (Lipinski definition) is 7. The summed E-state index contributed by atoms with van der Waals surface area (Å²) in [7, 11) is 0. The van der Waals surface area contributed by atoms with Crippen LogP contribution in [0.4, 0.5) is 17.5 Å². The van der Waals surface area contributed by atoms with E-state index in [1.165, 1.54) is 29.7 Å². The van der Waals surface area contributed by atoms with Crippen molar-refractivity contribution in [2.45, 2.75) is 25.2 Å². The summed E-state index contributed by atoms with van der Waals surface area (Å²) in [6, 6.07) is 7.47. The third-order valence-corrected chi connectivity index (χ3v) is 5.32. The van der Waals surface area contributed by atoms with E-state index in [2.05, 4.69) is 30.9 Å². The standard InChI is InChI=1S/C20H22N6OS/c27-19(17-3-1-12-28-17)23-9-2-8-22-18-16(14-4-5-14)13-24-20(26-18)25-15-6-10-21-11-7-15/h1,3,6-7,10-14H,2,4-5,8-9H2,(H,23,27)(H2,21,22,24,25,26). The molecule has 7 nitrogen and oxygen atoms in total. The topological polar surface area (TPSA) is 91.8 Å². The molecule has 0 aromatic carbocycles. The quantitative estimate of drug-likeness (QED) is 0.478. The van der Waals surface area contributed by atoms with Crippen LogP contribution in [0.5, 0.6) is 0 Å². The number of amides is 1. The van der Waals surface area contributed by atoms with Crippen LogP contribution in [0.3, 0.4) is 0 Å². The van der Waals surface area contributed by atoms with E-state index in [1.54, 1.807) is 12.4 Å². The zero-order valence-corrected chi connectivity index (χ0v) is 16.2. The predicted octanol–water partition coefficient (Wildman–Crippen LogP) is 3.79. The fourth-order valence-electron chi connectivity index (χ4n) is 2.84. The van der Waals surface area contributed by atoms with Crippen LogP contribution in [0.1, 0.15) is 40.4 Å². The number of aromatic nitrogens is 3. The lowest BCUT2D eigenvalue weighted by Gasteiger charge is -2.13. The van der Waals surface area contributed by atoms with Gasteiger partial charge < -0.3 is 16.0 Å². The third-order valence-electron chi connectivity index (χ3n) is 4.45. The molecule has 3 aromatic rings. The Balaban J connectivity index is 1.32. The van der Waals surface area contributed by atoms with Crippen molar-refractivity contribution in [3.63, 3.8) is 0 Å². The first-order valence-electron chi connectivity index (χ1n) is 9.39. The zero-order valence-electron chi connectivity index (χ0n) is 15.4. The highest BCUT2D eigenvalue weighted by atomic mass is 32.1. The highest BCUT2D eigenvalue weighted by molar-refractivity contribution is 7.12. The Kier molecular flexibility index (Phi) is 5.77. The Labute approximate surface area is 167 Å². The van der Waals surface area contributed by atoms with Gasteiger partial charge in [-0.25, -0.2) is 4.98 Å². The minimum absolute atomic E-state index is 0.0143. The Morgan fingerprint density at radius 3 is 2.79 bits per heavy atom. The number of pyridine rings is 1. The smallest absolute Gasteiger partial charge is 0.261 e. The SMILES string of the molecule is O=C(NCCCNc1nc(Nc2ccncc2)ncc1C1CC1)c1cccs1. The molecule has 144 valence electrons. The fraction of sp³-hybridized carbons (Fsp3) is 0.300. The van der Waals surface area contributed by atoms with Gasteiger partial charge in [0.25, 0.3) is 5.91 Å². The van der Waals surface area contributed by atoms with Gasteiger partial charge in [0, 0.05) is 42.9 Å². The van der Waals surface area contributed by atoms with Crippen molar-refractivity contribution in [3.05, 3.63) is 58.7 Å². The van der Waals surface area contributed by atoms with Gasteiger partial charge >= 0.3 is 0 Å². The normalized spacial score (nSPS) is 13.1. The van der Waals surface area contributed by atoms with Crippen LogP contribution >= 0.6 is 11.3 Å². The molecule has 3 heterocycles. The molecule has 1 amide bonds. The lowest BCUT2D eigenvalue weighted by molar-refractivity contribution is 0.0957. The van der Waals surface area contributed by atoms with Crippen LogP contribution in [0, 0.1) is 0 Å². The van der Waals surface area contributed by atoms with Crippen LogP contribution in [-0.4, -0.2) is 33.9 Å². The largest absolute Gasteiger partial charge is 0.370 e. The van der Waals surface area contributed by atoms with E-state index in [0.29, 0.717) is 18.4 Å². The molecule has 4 rings (SSSR count). The van der Waals surface area contributed by atoms with E-state index >= 15 is 0 Å². The van der Waals surface area contributed by atoms with Crippen molar-refractivity contribution >= 4 is 34.7 Å². The number of rotatable bonds is 9. The lowest BCUT2D eigenvalue weighted by atomic mass is 10.2. The highest BCUT2D eigenvalue weighted by Crippen LogP contribution is 2.42. The molecule has 3 aromatic heterocycles. The molecule has 8 heteroatoms. The van der Waals surface area contributed by atoms with Gasteiger partial charge in [-0.1, -0.05) is 6.07 Å². The summed E-state index contributed by atoms with van der Waals surface area (Å²) in [5, 5.41) is 11.5. The average molecular weight is 395 g/mol. The Hall–Kier alpha value is -3.00. The monoisotopic (exact) mass is 394 g/mol. The number of carbonyl (C=O) groups excluding carboxylic acids is 1. The minimum atomic E-state index is -0.0143. The van der Waals surface area contributed by atoms with E-state index in [4.69, 9.17) is 0 Å². The van der Waals surface area contributed by atoms with Gasteiger partial charge in [0.15, 0.2) is 0 Å². The summed E-state index contributed by atoms with van der Waals surface area (Å²) in [6.45, 7) is 1.35. The number of anilines is 3. The molecular weight excluding hydrogens is 372 g/mol. The second-order valence-electron chi connectivity index (χ2n) is 6.65. The Morgan fingerprint density at radius 2 is 2.04 bits per heavy atom. The maximum atomic E-state index is 12.0. The van der Waals surface area contributed by atoms with Crippen molar-refractivity contribution in [2.75, 3.05) is 23.7 Å². The van der Waals surface area contributed by atoms with Crippen LogP contribution in [0.15, 0.2) is 48.2 Å². The van der Waals surface area contributed by atoms with Crippen molar-refractivity contribution in [1.82, 2.24) is 20.3 Å².